The van der Waals surface area contributed by atoms with E-state index in [2.05, 4.69) is 13.0 Å². The Kier molecular flexibility index (Phi) is 4.14. The van der Waals surface area contributed by atoms with Crippen molar-refractivity contribution in [2.24, 2.45) is 0 Å². The zero-order valence-corrected chi connectivity index (χ0v) is 11.7. The summed E-state index contributed by atoms with van der Waals surface area (Å²) < 4.78 is 38.8. The van der Waals surface area contributed by atoms with Gasteiger partial charge in [-0.25, -0.2) is 0 Å². The molecule has 0 unspecified atom stereocenters. The average Bonchev–Trinajstić information content (AvgIpc) is 2.50. The quantitative estimate of drug-likeness (QED) is 0.858. The van der Waals surface area contributed by atoms with Crippen molar-refractivity contribution in [2.75, 3.05) is 5.73 Å². The number of nitriles is 1. The first-order valence-electron chi connectivity index (χ1n) is 6.58. The Morgan fingerprint density at radius 2 is 1.68 bits per heavy atom. The molecule has 0 aliphatic carbocycles. The topological polar surface area (TPSA) is 49.8 Å². The maximum Gasteiger partial charge on any atom is 0.416 e. The van der Waals surface area contributed by atoms with Gasteiger partial charge in [-0.1, -0.05) is 37.3 Å². The van der Waals surface area contributed by atoms with E-state index in [9.17, 15) is 18.4 Å². The van der Waals surface area contributed by atoms with Crippen LogP contribution < -0.4 is 5.73 Å². The molecule has 2 nitrogen and oxygen atoms in total. The van der Waals surface area contributed by atoms with E-state index in [0.717, 1.165) is 12.1 Å². The molecule has 0 aromatic heterocycles. The first kappa shape index (κ1) is 15.9. The van der Waals surface area contributed by atoms with Gasteiger partial charge in [0.2, 0.25) is 0 Å². The molecule has 0 amide bonds. The van der Waals surface area contributed by atoms with Crippen molar-refractivity contribution in [1.82, 2.24) is 0 Å². The van der Waals surface area contributed by atoms with Gasteiger partial charge in [-0.3, -0.25) is 0 Å². The van der Waals surface area contributed by atoms with Crippen LogP contribution >= 0.6 is 0 Å². The molecular formula is C17H14F3N2. The highest BCUT2D eigenvalue weighted by Gasteiger charge is 2.37. The third-order valence-electron chi connectivity index (χ3n) is 3.67. The molecule has 0 heterocycles. The van der Waals surface area contributed by atoms with Crippen molar-refractivity contribution in [3.8, 4) is 6.07 Å². The minimum absolute atomic E-state index is 0.0685. The fraction of sp³-hybridized carbons (Fsp3) is 0.176. The van der Waals surface area contributed by atoms with Gasteiger partial charge in [0, 0.05) is 5.69 Å². The fourth-order valence-corrected chi connectivity index (χ4v) is 2.46. The van der Waals surface area contributed by atoms with Crippen molar-refractivity contribution >= 4 is 5.69 Å². The number of anilines is 1. The van der Waals surface area contributed by atoms with Crippen LogP contribution in [-0.4, -0.2) is 0 Å². The molecule has 0 bridgehead atoms. The lowest BCUT2D eigenvalue weighted by Gasteiger charge is -2.28. The van der Waals surface area contributed by atoms with E-state index >= 15 is 0 Å². The second-order valence-corrected chi connectivity index (χ2v) is 4.93. The number of hydrogen-bond donors (Lipinski definition) is 1. The maximum absolute atomic E-state index is 12.9. The van der Waals surface area contributed by atoms with Crippen LogP contribution in [0.4, 0.5) is 18.9 Å². The molecule has 2 rings (SSSR count). The summed E-state index contributed by atoms with van der Waals surface area (Å²) in [6.07, 6.45) is -4.40. The van der Waals surface area contributed by atoms with Crippen molar-refractivity contribution < 1.29 is 13.2 Å². The lowest BCUT2D eigenvalue weighted by Crippen LogP contribution is -2.26. The van der Waals surface area contributed by atoms with Gasteiger partial charge < -0.3 is 5.73 Å². The molecule has 5 heteroatoms. The van der Waals surface area contributed by atoms with Crippen LogP contribution in [0.3, 0.4) is 0 Å². The molecule has 0 saturated heterocycles. The molecule has 2 aromatic carbocycles. The van der Waals surface area contributed by atoms with Gasteiger partial charge in [0.05, 0.1) is 11.6 Å². The average molecular weight is 303 g/mol. The number of nitrogens with zero attached hydrogens (tertiary/aromatic N) is 1. The Hall–Kier alpha value is -2.48. The number of benzene rings is 2. The van der Waals surface area contributed by atoms with Crippen molar-refractivity contribution in [3.05, 3.63) is 72.1 Å². The normalized spacial score (nSPS) is 14.1. The fourth-order valence-electron chi connectivity index (χ4n) is 2.46. The lowest BCUT2D eigenvalue weighted by molar-refractivity contribution is -0.137. The van der Waals surface area contributed by atoms with Gasteiger partial charge in [0.15, 0.2) is 0 Å². The first-order chi connectivity index (χ1) is 10.3. The number of nitrogen functional groups attached to an aromatic ring is 1. The van der Waals surface area contributed by atoms with Gasteiger partial charge in [0.1, 0.15) is 5.41 Å². The van der Waals surface area contributed by atoms with E-state index in [-0.39, 0.29) is 12.0 Å². The minimum atomic E-state index is -4.47. The molecule has 0 fully saturated rings. The molecule has 22 heavy (non-hydrogen) atoms. The predicted molar refractivity (Wildman–Crippen MR) is 78.7 cm³/mol. The highest BCUT2D eigenvalue weighted by atomic mass is 19.4. The highest BCUT2D eigenvalue weighted by Crippen LogP contribution is 2.40. The van der Waals surface area contributed by atoms with Crippen LogP contribution in [0.1, 0.15) is 23.1 Å². The summed E-state index contributed by atoms with van der Waals surface area (Å²) in [6.45, 7) is 3.76. The first-order valence-corrected chi connectivity index (χ1v) is 6.58. The molecular weight excluding hydrogens is 289 g/mol. The number of nitrogens with two attached hydrogens (primary N) is 1. The molecule has 0 aliphatic rings. The van der Waals surface area contributed by atoms with E-state index in [1.165, 1.54) is 12.1 Å². The van der Waals surface area contributed by atoms with Crippen LogP contribution in [0.2, 0.25) is 0 Å². The zero-order chi connectivity index (χ0) is 16.4. The van der Waals surface area contributed by atoms with Crippen molar-refractivity contribution in [3.63, 3.8) is 0 Å². The Balaban J connectivity index is 2.69. The van der Waals surface area contributed by atoms with Gasteiger partial charge in [0.25, 0.3) is 0 Å². The van der Waals surface area contributed by atoms with E-state index in [1.54, 1.807) is 24.3 Å². The van der Waals surface area contributed by atoms with E-state index < -0.39 is 17.2 Å². The second-order valence-electron chi connectivity index (χ2n) is 4.93. The predicted octanol–water partition coefficient (Wildman–Crippen LogP) is 4.32. The summed E-state index contributed by atoms with van der Waals surface area (Å²) in [7, 11) is 0. The number of hydrogen-bond acceptors (Lipinski definition) is 2. The Labute approximate surface area is 127 Å². The molecule has 0 aliphatic heterocycles. The summed E-state index contributed by atoms with van der Waals surface area (Å²) in [5.41, 5.74) is 4.86. The second kappa shape index (κ2) is 5.72. The van der Waals surface area contributed by atoms with Crippen molar-refractivity contribution in [1.29, 1.82) is 5.26 Å². The van der Waals surface area contributed by atoms with Crippen LogP contribution in [0, 0.1) is 18.3 Å². The number of halogens is 3. The summed E-state index contributed by atoms with van der Waals surface area (Å²) in [6, 6.07) is 13.5. The van der Waals surface area contributed by atoms with Gasteiger partial charge in [-0.05, 0) is 35.7 Å². The number of alkyl halides is 3. The maximum atomic E-state index is 12.9. The van der Waals surface area contributed by atoms with E-state index in [1.807, 2.05) is 0 Å². The van der Waals surface area contributed by atoms with Crippen molar-refractivity contribution in [2.45, 2.75) is 18.0 Å². The Morgan fingerprint density at radius 1 is 1.05 bits per heavy atom. The standard InChI is InChI=1S/C17H14F3N2/c1-2-16(11-21,14-8-3-4-9-15(14)22)12-6-5-7-13(10-12)17(18,19)20/h3-10H,1-2,22H2/t16-/m0/s1. The van der Waals surface area contributed by atoms with Crippen LogP contribution in [0.25, 0.3) is 0 Å². The summed E-state index contributed by atoms with van der Waals surface area (Å²) in [4.78, 5) is 0. The highest BCUT2D eigenvalue weighted by molar-refractivity contribution is 5.59. The van der Waals surface area contributed by atoms with Crippen LogP contribution in [0.5, 0.6) is 0 Å². The van der Waals surface area contributed by atoms with Crippen LogP contribution in [0.15, 0.2) is 48.5 Å². The van der Waals surface area contributed by atoms with Gasteiger partial charge in [-0.2, -0.15) is 18.4 Å². The van der Waals surface area contributed by atoms with E-state index in [0.29, 0.717) is 11.3 Å². The number of para-hydroxylation sites is 1. The summed E-state index contributed by atoms with van der Waals surface area (Å²) in [5, 5.41) is 9.67. The molecule has 0 saturated carbocycles. The third kappa shape index (κ3) is 2.64. The summed E-state index contributed by atoms with van der Waals surface area (Å²) in [5.74, 6) is 0. The van der Waals surface area contributed by atoms with Gasteiger partial charge >= 0.3 is 6.18 Å². The molecule has 2 N–H and O–H groups in total. The molecule has 0 spiro atoms. The Morgan fingerprint density at radius 3 is 2.23 bits per heavy atom. The molecule has 1 atom stereocenters. The zero-order valence-electron chi connectivity index (χ0n) is 11.7. The number of rotatable bonds is 3. The third-order valence-corrected chi connectivity index (χ3v) is 3.67. The van der Waals surface area contributed by atoms with E-state index in [4.69, 9.17) is 5.73 Å². The van der Waals surface area contributed by atoms with Gasteiger partial charge in [-0.15, -0.1) is 0 Å². The monoisotopic (exact) mass is 303 g/mol. The SMILES string of the molecule is [CH2]C[C@](C#N)(c1cccc(C(F)(F)F)c1)c1ccccc1N. The largest absolute Gasteiger partial charge is 0.416 e. The molecule has 113 valence electrons. The minimum Gasteiger partial charge on any atom is -0.398 e. The smallest absolute Gasteiger partial charge is 0.398 e. The lowest BCUT2D eigenvalue weighted by atomic mass is 9.72. The Bertz CT molecular complexity index is 716. The van der Waals surface area contributed by atoms with Crippen LogP contribution in [-0.2, 0) is 11.6 Å². The molecule has 1 radical (unpaired) electrons. The summed E-state index contributed by atoms with van der Waals surface area (Å²) >= 11 is 0. The molecule has 2 aromatic rings.